The van der Waals surface area contributed by atoms with Crippen molar-refractivity contribution in [2.24, 2.45) is 0 Å². The number of carbonyl (C=O) groups is 1. The normalized spacial score (nSPS) is 16.1. The molecule has 2 aromatic rings. The standard InChI is InChI=1S/C23H29NO2/c1-3-16-26-21-12-10-20(11-13-21)24-22(25)23(14-5-4-6-15-23)19-9-7-8-18(2)17-19/h7-13,17H,3-6,14-16H2,1-2H3,(H,24,25). The smallest absolute Gasteiger partial charge is 0.235 e. The van der Waals surface area contributed by atoms with E-state index in [1.54, 1.807) is 0 Å². The van der Waals surface area contributed by atoms with Crippen molar-refractivity contribution in [1.82, 2.24) is 0 Å². The Bertz CT molecular complexity index is 730. The van der Waals surface area contributed by atoms with Gasteiger partial charge in [-0.1, -0.05) is 56.0 Å². The molecule has 0 aromatic heterocycles. The molecule has 0 unspecified atom stereocenters. The van der Waals surface area contributed by atoms with Crippen molar-refractivity contribution in [3.8, 4) is 5.75 Å². The van der Waals surface area contributed by atoms with E-state index in [0.717, 1.165) is 49.1 Å². The van der Waals surface area contributed by atoms with Crippen molar-refractivity contribution < 1.29 is 9.53 Å². The topological polar surface area (TPSA) is 38.3 Å². The van der Waals surface area contributed by atoms with Gasteiger partial charge in [0.15, 0.2) is 0 Å². The van der Waals surface area contributed by atoms with Crippen LogP contribution in [0.1, 0.15) is 56.6 Å². The number of ether oxygens (including phenoxy) is 1. The molecule has 2 aromatic carbocycles. The van der Waals surface area contributed by atoms with Crippen LogP contribution < -0.4 is 10.1 Å². The third-order valence-corrected chi connectivity index (χ3v) is 5.30. The lowest BCUT2D eigenvalue weighted by atomic mass is 9.68. The molecule has 3 rings (SSSR count). The molecule has 0 bridgehead atoms. The molecule has 1 amide bonds. The van der Waals surface area contributed by atoms with Crippen LogP contribution in [0.25, 0.3) is 0 Å². The quantitative estimate of drug-likeness (QED) is 0.733. The molecule has 1 N–H and O–H groups in total. The Morgan fingerprint density at radius 3 is 2.46 bits per heavy atom. The third kappa shape index (κ3) is 4.09. The van der Waals surface area contributed by atoms with E-state index < -0.39 is 5.41 Å². The monoisotopic (exact) mass is 351 g/mol. The highest BCUT2D eigenvalue weighted by Crippen LogP contribution is 2.40. The zero-order valence-electron chi connectivity index (χ0n) is 15.9. The largest absolute Gasteiger partial charge is 0.494 e. The Kier molecular flexibility index (Phi) is 5.97. The first kappa shape index (κ1) is 18.5. The third-order valence-electron chi connectivity index (χ3n) is 5.30. The fraction of sp³-hybridized carbons (Fsp3) is 0.435. The van der Waals surface area contributed by atoms with E-state index in [1.807, 2.05) is 24.3 Å². The summed E-state index contributed by atoms with van der Waals surface area (Å²) < 4.78 is 5.62. The van der Waals surface area contributed by atoms with Gasteiger partial charge in [-0.15, -0.1) is 0 Å². The average Bonchev–Trinajstić information content (AvgIpc) is 2.68. The van der Waals surface area contributed by atoms with E-state index in [0.29, 0.717) is 6.61 Å². The Morgan fingerprint density at radius 1 is 1.08 bits per heavy atom. The van der Waals surface area contributed by atoms with Gasteiger partial charge in [-0.25, -0.2) is 0 Å². The maximum atomic E-state index is 13.3. The summed E-state index contributed by atoms with van der Waals surface area (Å²) in [6, 6.07) is 16.1. The van der Waals surface area contributed by atoms with E-state index >= 15 is 0 Å². The van der Waals surface area contributed by atoms with Crippen LogP contribution in [0.4, 0.5) is 5.69 Å². The van der Waals surface area contributed by atoms with Gasteiger partial charge in [0.1, 0.15) is 5.75 Å². The lowest BCUT2D eigenvalue weighted by Gasteiger charge is -2.36. The van der Waals surface area contributed by atoms with Gasteiger partial charge >= 0.3 is 0 Å². The highest BCUT2D eigenvalue weighted by Gasteiger charge is 2.41. The second kappa shape index (κ2) is 8.39. The first-order valence-corrected chi connectivity index (χ1v) is 9.75. The van der Waals surface area contributed by atoms with Crippen molar-refractivity contribution >= 4 is 11.6 Å². The summed E-state index contributed by atoms with van der Waals surface area (Å²) in [5, 5.41) is 3.16. The van der Waals surface area contributed by atoms with Crippen molar-refractivity contribution in [3.63, 3.8) is 0 Å². The van der Waals surface area contributed by atoms with Gasteiger partial charge in [-0.3, -0.25) is 4.79 Å². The van der Waals surface area contributed by atoms with Crippen LogP contribution in [-0.2, 0) is 10.2 Å². The molecule has 1 aliphatic rings. The van der Waals surface area contributed by atoms with Crippen LogP contribution >= 0.6 is 0 Å². The maximum absolute atomic E-state index is 13.3. The first-order chi connectivity index (χ1) is 12.6. The van der Waals surface area contributed by atoms with Gasteiger partial charge in [-0.2, -0.15) is 0 Å². The lowest BCUT2D eigenvalue weighted by molar-refractivity contribution is -0.122. The minimum atomic E-state index is -0.415. The SMILES string of the molecule is CCCOc1ccc(NC(=O)C2(c3cccc(C)c3)CCCCC2)cc1. The van der Waals surface area contributed by atoms with Crippen LogP contribution in [0.3, 0.4) is 0 Å². The fourth-order valence-corrected chi connectivity index (χ4v) is 3.85. The number of carbonyl (C=O) groups excluding carboxylic acids is 1. The van der Waals surface area contributed by atoms with Crippen LogP contribution in [0.15, 0.2) is 48.5 Å². The minimum absolute atomic E-state index is 0.116. The van der Waals surface area contributed by atoms with Crippen LogP contribution in [0, 0.1) is 6.92 Å². The maximum Gasteiger partial charge on any atom is 0.235 e. The molecule has 1 aliphatic carbocycles. The summed E-state index contributed by atoms with van der Waals surface area (Å²) in [6.45, 7) is 4.89. The number of rotatable bonds is 6. The molecule has 0 atom stereocenters. The summed E-state index contributed by atoms with van der Waals surface area (Å²) in [5.41, 5.74) is 2.77. The summed E-state index contributed by atoms with van der Waals surface area (Å²) in [6.07, 6.45) is 6.23. The van der Waals surface area contributed by atoms with E-state index in [9.17, 15) is 4.79 Å². The molecule has 3 nitrogen and oxygen atoms in total. The Morgan fingerprint density at radius 2 is 1.81 bits per heavy atom. The van der Waals surface area contributed by atoms with E-state index in [-0.39, 0.29) is 5.91 Å². The molecule has 138 valence electrons. The van der Waals surface area contributed by atoms with E-state index in [2.05, 4.69) is 43.4 Å². The van der Waals surface area contributed by atoms with Gasteiger partial charge in [0.25, 0.3) is 0 Å². The van der Waals surface area contributed by atoms with Gasteiger partial charge < -0.3 is 10.1 Å². The van der Waals surface area contributed by atoms with Crippen molar-refractivity contribution in [3.05, 3.63) is 59.7 Å². The summed E-state index contributed by atoms with van der Waals surface area (Å²) in [7, 11) is 0. The zero-order valence-corrected chi connectivity index (χ0v) is 15.9. The predicted molar refractivity (Wildman–Crippen MR) is 107 cm³/mol. The number of hydrogen-bond donors (Lipinski definition) is 1. The highest BCUT2D eigenvalue weighted by molar-refractivity contribution is 5.99. The molecule has 0 aliphatic heterocycles. The summed E-state index contributed by atoms with van der Waals surface area (Å²) in [4.78, 5) is 13.3. The van der Waals surface area contributed by atoms with E-state index in [4.69, 9.17) is 4.74 Å². The number of amides is 1. The van der Waals surface area contributed by atoms with Crippen LogP contribution in [-0.4, -0.2) is 12.5 Å². The van der Waals surface area contributed by atoms with Crippen LogP contribution in [0.2, 0.25) is 0 Å². The molecular weight excluding hydrogens is 322 g/mol. The van der Waals surface area contributed by atoms with Gasteiger partial charge in [-0.05, 0) is 56.0 Å². The second-order valence-electron chi connectivity index (χ2n) is 7.34. The number of anilines is 1. The summed E-state index contributed by atoms with van der Waals surface area (Å²) >= 11 is 0. The highest BCUT2D eigenvalue weighted by atomic mass is 16.5. The van der Waals surface area contributed by atoms with Crippen molar-refractivity contribution in [1.29, 1.82) is 0 Å². The number of aryl methyl sites for hydroxylation is 1. The van der Waals surface area contributed by atoms with Gasteiger partial charge in [0.05, 0.1) is 12.0 Å². The molecule has 0 heterocycles. The fourth-order valence-electron chi connectivity index (χ4n) is 3.85. The number of nitrogens with one attached hydrogen (secondary N) is 1. The molecule has 0 spiro atoms. The molecular formula is C23H29NO2. The molecule has 26 heavy (non-hydrogen) atoms. The number of benzene rings is 2. The van der Waals surface area contributed by atoms with Gasteiger partial charge in [0.2, 0.25) is 5.91 Å². The average molecular weight is 351 g/mol. The summed E-state index contributed by atoms with van der Waals surface area (Å²) in [5.74, 6) is 0.959. The molecule has 1 saturated carbocycles. The Hall–Kier alpha value is -2.29. The van der Waals surface area contributed by atoms with E-state index in [1.165, 1.54) is 12.0 Å². The number of hydrogen-bond acceptors (Lipinski definition) is 2. The first-order valence-electron chi connectivity index (χ1n) is 9.75. The minimum Gasteiger partial charge on any atom is -0.494 e. The lowest BCUT2D eigenvalue weighted by Crippen LogP contribution is -2.42. The van der Waals surface area contributed by atoms with Crippen molar-refractivity contribution in [2.45, 2.75) is 57.8 Å². The van der Waals surface area contributed by atoms with Crippen molar-refractivity contribution in [2.75, 3.05) is 11.9 Å². The second-order valence-corrected chi connectivity index (χ2v) is 7.34. The molecule has 3 heteroatoms. The molecule has 1 fully saturated rings. The zero-order chi connectivity index (χ0) is 18.4. The van der Waals surface area contributed by atoms with Gasteiger partial charge in [0, 0.05) is 5.69 Å². The predicted octanol–water partition coefficient (Wildman–Crippen LogP) is 5.62. The Balaban J connectivity index is 1.80. The molecule has 0 radical (unpaired) electrons. The van der Waals surface area contributed by atoms with Crippen LogP contribution in [0.5, 0.6) is 5.75 Å². The Labute approximate surface area is 156 Å². The molecule has 0 saturated heterocycles.